The smallest absolute Gasteiger partial charge is 0.303 e. The van der Waals surface area contributed by atoms with Crippen molar-refractivity contribution in [2.75, 3.05) is 13.1 Å². The summed E-state index contributed by atoms with van der Waals surface area (Å²) in [6.45, 7) is 8.11. The molecule has 92 valence electrons. The second-order valence-electron chi connectivity index (χ2n) is 5.17. The molecule has 0 atom stereocenters. The number of ether oxygens (including phenoxy) is 1. The first kappa shape index (κ1) is 12.1. The van der Waals surface area contributed by atoms with Crippen LogP contribution in [0, 0.1) is 6.92 Å². The van der Waals surface area contributed by atoms with Gasteiger partial charge in [-0.25, -0.2) is 0 Å². The van der Waals surface area contributed by atoms with Gasteiger partial charge < -0.3 is 4.74 Å². The third-order valence-electron chi connectivity index (χ3n) is 3.03. The van der Waals surface area contributed by atoms with E-state index in [-0.39, 0.29) is 11.6 Å². The first-order valence-electron chi connectivity index (χ1n) is 5.94. The van der Waals surface area contributed by atoms with Gasteiger partial charge in [0.25, 0.3) is 0 Å². The van der Waals surface area contributed by atoms with Gasteiger partial charge in [-0.2, -0.15) is 0 Å². The van der Waals surface area contributed by atoms with E-state index in [1.54, 1.807) is 0 Å². The Morgan fingerprint density at radius 1 is 1.35 bits per heavy atom. The number of carbonyl (C=O) groups excluding carboxylic acids is 1. The third-order valence-corrected chi connectivity index (χ3v) is 3.03. The number of carbonyl (C=O) groups is 1. The van der Waals surface area contributed by atoms with Crippen LogP contribution in [0.1, 0.15) is 25.0 Å². The van der Waals surface area contributed by atoms with Crippen molar-refractivity contribution in [3.05, 3.63) is 35.4 Å². The lowest BCUT2D eigenvalue weighted by Gasteiger charge is -2.46. The second kappa shape index (κ2) is 4.49. The summed E-state index contributed by atoms with van der Waals surface area (Å²) in [6.07, 6.45) is 0. The minimum absolute atomic E-state index is 0.192. The molecule has 0 N–H and O–H groups in total. The zero-order chi connectivity index (χ0) is 12.5. The summed E-state index contributed by atoms with van der Waals surface area (Å²) < 4.78 is 5.28. The highest BCUT2D eigenvalue weighted by molar-refractivity contribution is 5.66. The summed E-state index contributed by atoms with van der Waals surface area (Å²) in [5, 5.41) is 0. The van der Waals surface area contributed by atoms with Crippen LogP contribution in [0.15, 0.2) is 24.3 Å². The Kier molecular flexibility index (Phi) is 3.20. The van der Waals surface area contributed by atoms with Crippen LogP contribution in [0.25, 0.3) is 0 Å². The molecule has 1 aromatic rings. The highest BCUT2D eigenvalue weighted by Gasteiger charge is 2.41. The largest absolute Gasteiger partial charge is 0.457 e. The van der Waals surface area contributed by atoms with Crippen LogP contribution in [0.5, 0.6) is 0 Å². The van der Waals surface area contributed by atoms with Crippen molar-refractivity contribution in [3.8, 4) is 0 Å². The van der Waals surface area contributed by atoms with Gasteiger partial charge in [-0.3, -0.25) is 9.69 Å². The normalized spacial score (nSPS) is 18.5. The monoisotopic (exact) mass is 233 g/mol. The van der Waals surface area contributed by atoms with Crippen molar-refractivity contribution in [3.63, 3.8) is 0 Å². The molecule has 1 aliphatic rings. The maximum Gasteiger partial charge on any atom is 0.303 e. The molecule has 2 rings (SSSR count). The van der Waals surface area contributed by atoms with E-state index in [1.165, 1.54) is 18.1 Å². The van der Waals surface area contributed by atoms with Crippen LogP contribution in [-0.4, -0.2) is 29.6 Å². The van der Waals surface area contributed by atoms with E-state index in [0.29, 0.717) is 0 Å². The lowest BCUT2D eigenvalue weighted by atomic mass is 9.95. The van der Waals surface area contributed by atoms with Gasteiger partial charge in [0, 0.05) is 26.6 Å². The van der Waals surface area contributed by atoms with Crippen LogP contribution in [0.4, 0.5) is 0 Å². The molecule has 0 unspecified atom stereocenters. The predicted octanol–water partition coefficient (Wildman–Crippen LogP) is 2.13. The van der Waals surface area contributed by atoms with Crippen molar-refractivity contribution < 1.29 is 9.53 Å². The Labute approximate surface area is 102 Å². The number of hydrogen-bond donors (Lipinski definition) is 0. The van der Waals surface area contributed by atoms with Crippen molar-refractivity contribution in [2.45, 2.75) is 32.9 Å². The fraction of sp³-hybridized carbons (Fsp3) is 0.500. The number of benzene rings is 1. The van der Waals surface area contributed by atoms with Gasteiger partial charge in [0.2, 0.25) is 0 Å². The van der Waals surface area contributed by atoms with E-state index >= 15 is 0 Å². The molecule has 1 aliphatic heterocycles. The molecule has 1 heterocycles. The Morgan fingerprint density at radius 3 is 2.47 bits per heavy atom. The Morgan fingerprint density at radius 2 is 1.94 bits per heavy atom. The first-order valence-corrected chi connectivity index (χ1v) is 5.94. The van der Waals surface area contributed by atoms with Gasteiger partial charge in [0.1, 0.15) is 5.60 Å². The lowest BCUT2D eigenvalue weighted by molar-refractivity contribution is -0.174. The van der Waals surface area contributed by atoms with Crippen LogP contribution >= 0.6 is 0 Å². The van der Waals surface area contributed by atoms with Gasteiger partial charge in [0.15, 0.2) is 0 Å². The molecule has 0 spiro atoms. The van der Waals surface area contributed by atoms with E-state index in [2.05, 4.69) is 36.1 Å². The van der Waals surface area contributed by atoms with Crippen LogP contribution in [0.3, 0.4) is 0 Å². The van der Waals surface area contributed by atoms with Crippen LogP contribution < -0.4 is 0 Å². The first-order chi connectivity index (χ1) is 7.97. The van der Waals surface area contributed by atoms with E-state index in [9.17, 15) is 4.79 Å². The number of aryl methyl sites for hydroxylation is 1. The summed E-state index contributed by atoms with van der Waals surface area (Å²) in [6, 6.07) is 8.55. The minimum Gasteiger partial charge on any atom is -0.457 e. The highest BCUT2D eigenvalue weighted by atomic mass is 16.6. The molecule has 17 heavy (non-hydrogen) atoms. The summed E-state index contributed by atoms with van der Waals surface area (Å²) >= 11 is 0. The van der Waals surface area contributed by atoms with Crippen LogP contribution in [-0.2, 0) is 16.1 Å². The minimum atomic E-state index is -0.281. The average Bonchev–Trinajstić information content (AvgIpc) is 2.18. The molecule has 1 saturated heterocycles. The molecule has 0 amide bonds. The number of rotatable bonds is 3. The Bertz CT molecular complexity index is 405. The molecule has 3 nitrogen and oxygen atoms in total. The molecule has 3 heteroatoms. The quantitative estimate of drug-likeness (QED) is 0.749. The fourth-order valence-corrected chi connectivity index (χ4v) is 2.37. The zero-order valence-corrected chi connectivity index (χ0v) is 10.7. The van der Waals surface area contributed by atoms with Crippen LogP contribution in [0.2, 0.25) is 0 Å². The molecular formula is C14H19NO2. The SMILES string of the molecule is CC(=O)OC1(C)CN(Cc2ccc(C)cc2)C1. The van der Waals surface area contributed by atoms with Gasteiger partial charge in [-0.15, -0.1) is 0 Å². The summed E-state index contributed by atoms with van der Waals surface area (Å²) in [5.41, 5.74) is 2.30. The summed E-state index contributed by atoms with van der Waals surface area (Å²) in [5.74, 6) is -0.192. The standard InChI is InChI=1S/C14H19NO2/c1-11-4-6-13(7-5-11)8-15-9-14(3,10-15)17-12(2)16/h4-7H,8-10H2,1-3H3. The molecule has 0 saturated carbocycles. The number of likely N-dealkylation sites (tertiary alicyclic amines) is 1. The maximum atomic E-state index is 10.9. The zero-order valence-electron chi connectivity index (χ0n) is 10.7. The molecule has 0 bridgehead atoms. The third kappa shape index (κ3) is 3.07. The fourth-order valence-electron chi connectivity index (χ4n) is 2.37. The molecule has 0 aliphatic carbocycles. The number of hydrogen-bond acceptors (Lipinski definition) is 3. The summed E-state index contributed by atoms with van der Waals surface area (Å²) in [4.78, 5) is 13.2. The van der Waals surface area contributed by atoms with Crippen molar-refractivity contribution in [1.82, 2.24) is 4.90 Å². The van der Waals surface area contributed by atoms with Crippen molar-refractivity contribution in [1.29, 1.82) is 0 Å². The molecule has 1 aromatic carbocycles. The van der Waals surface area contributed by atoms with Crippen molar-refractivity contribution in [2.24, 2.45) is 0 Å². The second-order valence-corrected chi connectivity index (χ2v) is 5.17. The van der Waals surface area contributed by atoms with E-state index in [4.69, 9.17) is 4.74 Å². The van der Waals surface area contributed by atoms with Gasteiger partial charge >= 0.3 is 5.97 Å². The maximum absolute atomic E-state index is 10.9. The van der Waals surface area contributed by atoms with Crippen molar-refractivity contribution >= 4 is 5.97 Å². The van der Waals surface area contributed by atoms with E-state index < -0.39 is 0 Å². The molecule has 0 radical (unpaired) electrons. The van der Waals surface area contributed by atoms with E-state index in [1.807, 2.05) is 6.92 Å². The average molecular weight is 233 g/mol. The number of nitrogens with zero attached hydrogens (tertiary/aromatic N) is 1. The van der Waals surface area contributed by atoms with Gasteiger partial charge in [0.05, 0.1) is 0 Å². The topological polar surface area (TPSA) is 29.5 Å². The predicted molar refractivity (Wildman–Crippen MR) is 66.6 cm³/mol. The highest BCUT2D eigenvalue weighted by Crippen LogP contribution is 2.26. The molecule has 0 aromatic heterocycles. The van der Waals surface area contributed by atoms with E-state index in [0.717, 1.165) is 19.6 Å². The molecule has 1 fully saturated rings. The Hall–Kier alpha value is -1.35. The number of esters is 1. The Balaban J connectivity index is 1.84. The molecular weight excluding hydrogens is 214 g/mol. The van der Waals surface area contributed by atoms with Gasteiger partial charge in [-0.1, -0.05) is 29.8 Å². The van der Waals surface area contributed by atoms with Gasteiger partial charge in [-0.05, 0) is 19.4 Å². The lowest BCUT2D eigenvalue weighted by Crippen LogP contribution is -2.61. The summed E-state index contributed by atoms with van der Waals surface area (Å²) in [7, 11) is 0.